The van der Waals surface area contributed by atoms with E-state index in [0.29, 0.717) is 24.9 Å². The number of carbonyl (C=O) groups is 3. The van der Waals surface area contributed by atoms with Crippen LogP contribution in [0.15, 0.2) is 5.38 Å². The van der Waals surface area contributed by atoms with E-state index in [1.807, 2.05) is 12.3 Å². The maximum atomic E-state index is 12.2. The van der Waals surface area contributed by atoms with Crippen molar-refractivity contribution < 1.29 is 14.4 Å². The second kappa shape index (κ2) is 3.91. The summed E-state index contributed by atoms with van der Waals surface area (Å²) in [6.45, 7) is 2.46. The molecule has 0 aliphatic carbocycles. The van der Waals surface area contributed by atoms with Crippen molar-refractivity contribution in [1.29, 1.82) is 0 Å². The van der Waals surface area contributed by atoms with Gasteiger partial charge in [-0.15, -0.1) is 11.3 Å². The van der Waals surface area contributed by atoms with Crippen LogP contribution in [0.1, 0.15) is 33.6 Å². The van der Waals surface area contributed by atoms with Crippen LogP contribution in [0.2, 0.25) is 0 Å². The number of amides is 3. The Morgan fingerprint density at radius 2 is 2.17 bits per heavy atom. The van der Waals surface area contributed by atoms with E-state index in [1.54, 1.807) is 16.2 Å². The first kappa shape index (κ1) is 11.4. The number of nitrogens with zero attached hydrogens (tertiary/aromatic N) is 1. The average Bonchev–Trinajstić information content (AvgIpc) is 2.82. The predicted molar refractivity (Wildman–Crippen MR) is 65.1 cm³/mol. The Morgan fingerprint density at radius 3 is 2.83 bits per heavy atom. The number of hydrogen-bond donors (Lipinski definition) is 1. The molecule has 2 aliphatic heterocycles. The van der Waals surface area contributed by atoms with Crippen molar-refractivity contribution in [2.24, 2.45) is 0 Å². The van der Waals surface area contributed by atoms with Crippen LogP contribution >= 0.6 is 11.3 Å². The third kappa shape index (κ3) is 1.56. The van der Waals surface area contributed by atoms with Crippen LogP contribution < -0.4 is 5.32 Å². The zero-order valence-corrected chi connectivity index (χ0v) is 10.7. The van der Waals surface area contributed by atoms with Gasteiger partial charge in [-0.25, -0.2) is 0 Å². The number of hydrogen-bond acceptors (Lipinski definition) is 4. The lowest BCUT2D eigenvalue weighted by Gasteiger charge is -2.29. The molecule has 3 amide bonds. The monoisotopic (exact) mass is 264 g/mol. The van der Waals surface area contributed by atoms with Crippen molar-refractivity contribution >= 4 is 29.1 Å². The van der Waals surface area contributed by atoms with E-state index < -0.39 is 6.04 Å². The fourth-order valence-electron chi connectivity index (χ4n) is 2.48. The van der Waals surface area contributed by atoms with Gasteiger partial charge in [0.1, 0.15) is 6.04 Å². The van der Waals surface area contributed by atoms with Crippen LogP contribution in [0.4, 0.5) is 0 Å². The lowest BCUT2D eigenvalue weighted by Crippen LogP contribution is -2.52. The summed E-state index contributed by atoms with van der Waals surface area (Å²) in [5.74, 6) is -0.705. The number of aryl methyl sites for hydroxylation is 1. The minimum atomic E-state index is -0.507. The Labute approximate surface area is 108 Å². The lowest BCUT2D eigenvalue weighted by atomic mass is 10.0. The topological polar surface area (TPSA) is 66.5 Å². The molecule has 0 spiro atoms. The zero-order valence-electron chi connectivity index (χ0n) is 9.86. The summed E-state index contributed by atoms with van der Waals surface area (Å²) in [6, 6.07) is -0.507. The van der Waals surface area contributed by atoms with Gasteiger partial charge < -0.3 is 4.90 Å². The molecule has 0 radical (unpaired) electrons. The van der Waals surface area contributed by atoms with Gasteiger partial charge >= 0.3 is 0 Å². The first-order valence-electron chi connectivity index (χ1n) is 5.79. The van der Waals surface area contributed by atoms with Gasteiger partial charge in [0.15, 0.2) is 0 Å². The fourth-order valence-corrected chi connectivity index (χ4v) is 3.34. The van der Waals surface area contributed by atoms with Crippen LogP contribution in [-0.2, 0) is 16.1 Å². The van der Waals surface area contributed by atoms with Crippen LogP contribution in [0.25, 0.3) is 0 Å². The van der Waals surface area contributed by atoms with Crippen molar-refractivity contribution in [3.05, 3.63) is 21.4 Å². The third-order valence-corrected chi connectivity index (χ3v) is 4.46. The molecular formula is C12H12N2O3S. The van der Waals surface area contributed by atoms with Crippen molar-refractivity contribution in [3.8, 4) is 0 Å². The molecule has 5 nitrogen and oxygen atoms in total. The van der Waals surface area contributed by atoms with E-state index in [2.05, 4.69) is 5.32 Å². The summed E-state index contributed by atoms with van der Waals surface area (Å²) >= 11 is 1.56. The van der Waals surface area contributed by atoms with Crippen molar-refractivity contribution in [2.45, 2.75) is 32.4 Å². The Balaban J connectivity index is 1.86. The Kier molecular flexibility index (Phi) is 2.48. The summed E-state index contributed by atoms with van der Waals surface area (Å²) in [5.41, 5.74) is 1.73. The van der Waals surface area contributed by atoms with Gasteiger partial charge in [-0.05, 0) is 18.9 Å². The fraction of sp³-hybridized carbons (Fsp3) is 0.417. The number of fused-ring (bicyclic) bond motifs is 1. The summed E-state index contributed by atoms with van der Waals surface area (Å²) in [7, 11) is 0. The first-order chi connectivity index (χ1) is 8.58. The molecule has 0 bridgehead atoms. The Bertz CT molecular complexity index is 564. The van der Waals surface area contributed by atoms with Gasteiger partial charge in [-0.3, -0.25) is 19.7 Å². The first-order valence-corrected chi connectivity index (χ1v) is 6.67. The number of carbonyl (C=O) groups excluding carboxylic acids is 3. The van der Waals surface area contributed by atoms with Crippen molar-refractivity contribution in [2.75, 3.05) is 0 Å². The van der Waals surface area contributed by atoms with E-state index in [1.165, 1.54) is 0 Å². The number of rotatable bonds is 1. The van der Waals surface area contributed by atoms with E-state index in [0.717, 1.165) is 10.4 Å². The highest BCUT2D eigenvalue weighted by Crippen LogP contribution is 2.32. The number of thiophene rings is 1. The van der Waals surface area contributed by atoms with Gasteiger partial charge in [0.05, 0.1) is 5.56 Å². The molecule has 0 aromatic carbocycles. The molecule has 1 aromatic heterocycles. The van der Waals surface area contributed by atoms with Crippen LogP contribution in [0.3, 0.4) is 0 Å². The van der Waals surface area contributed by atoms with Gasteiger partial charge in [-0.2, -0.15) is 0 Å². The normalized spacial score (nSPS) is 23.3. The van der Waals surface area contributed by atoms with E-state index in [-0.39, 0.29) is 17.7 Å². The second-order valence-electron chi connectivity index (χ2n) is 4.58. The molecule has 1 unspecified atom stereocenters. The minimum absolute atomic E-state index is 0.0937. The molecule has 94 valence electrons. The highest BCUT2D eigenvalue weighted by Gasteiger charge is 2.39. The molecule has 2 aliphatic rings. The van der Waals surface area contributed by atoms with Crippen LogP contribution in [-0.4, -0.2) is 28.7 Å². The number of nitrogens with one attached hydrogen (secondary N) is 1. The largest absolute Gasteiger partial charge is 0.322 e. The maximum absolute atomic E-state index is 12.2. The van der Waals surface area contributed by atoms with E-state index >= 15 is 0 Å². The molecule has 6 heteroatoms. The molecular weight excluding hydrogens is 252 g/mol. The second-order valence-corrected chi connectivity index (χ2v) is 5.67. The summed E-state index contributed by atoms with van der Waals surface area (Å²) in [5, 5.41) is 4.14. The molecule has 18 heavy (non-hydrogen) atoms. The lowest BCUT2D eigenvalue weighted by molar-refractivity contribution is -0.136. The van der Waals surface area contributed by atoms with Gasteiger partial charge in [-0.1, -0.05) is 0 Å². The molecule has 3 heterocycles. The minimum Gasteiger partial charge on any atom is -0.322 e. The summed E-state index contributed by atoms with van der Waals surface area (Å²) < 4.78 is 0. The molecule has 1 fully saturated rings. The maximum Gasteiger partial charge on any atom is 0.256 e. The van der Waals surface area contributed by atoms with Gasteiger partial charge in [0, 0.05) is 23.2 Å². The predicted octanol–water partition coefficient (Wildman–Crippen LogP) is 0.818. The quantitative estimate of drug-likeness (QED) is 0.764. The molecule has 0 saturated carbocycles. The SMILES string of the molecule is Cc1scc2c1CN(C1CCC(=O)NC1=O)C2=O. The van der Waals surface area contributed by atoms with Crippen molar-refractivity contribution in [1.82, 2.24) is 10.2 Å². The molecule has 1 aromatic rings. The molecule has 3 rings (SSSR count). The number of imide groups is 1. The molecule has 1 atom stereocenters. The smallest absolute Gasteiger partial charge is 0.256 e. The van der Waals surface area contributed by atoms with Crippen molar-refractivity contribution in [3.63, 3.8) is 0 Å². The van der Waals surface area contributed by atoms with E-state index in [9.17, 15) is 14.4 Å². The molecule has 1 saturated heterocycles. The van der Waals surface area contributed by atoms with E-state index in [4.69, 9.17) is 0 Å². The van der Waals surface area contributed by atoms with Gasteiger partial charge in [0.25, 0.3) is 5.91 Å². The number of piperidine rings is 1. The van der Waals surface area contributed by atoms with Gasteiger partial charge in [0.2, 0.25) is 11.8 Å². The highest BCUT2D eigenvalue weighted by atomic mass is 32.1. The summed E-state index contributed by atoms with van der Waals surface area (Å²) in [6.07, 6.45) is 0.717. The van der Waals surface area contributed by atoms with Crippen LogP contribution in [0.5, 0.6) is 0 Å². The van der Waals surface area contributed by atoms with Crippen LogP contribution in [0, 0.1) is 6.92 Å². The molecule has 1 N–H and O–H groups in total. The summed E-state index contributed by atoms with van der Waals surface area (Å²) in [4.78, 5) is 37.8. The highest BCUT2D eigenvalue weighted by molar-refractivity contribution is 7.10. The standard InChI is InChI=1S/C12H12N2O3S/c1-6-7-4-14(12(17)8(7)5-18-6)9-2-3-10(15)13-11(9)16/h5,9H,2-4H2,1H3,(H,13,15,16). The average molecular weight is 264 g/mol. The zero-order chi connectivity index (χ0) is 12.9. The Hall–Kier alpha value is -1.69. The Morgan fingerprint density at radius 1 is 1.39 bits per heavy atom. The third-order valence-electron chi connectivity index (χ3n) is 3.51.